The molecule has 4 bridgehead atoms. The van der Waals surface area contributed by atoms with Gasteiger partial charge in [-0.15, -0.1) is 0 Å². The molecule has 136 valence electrons. The lowest BCUT2D eigenvalue weighted by atomic mass is 9.48. The first-order valence-electron chi connectivity index (χ1n) is 9.24. The molecule has 0 radical (unpaired) electrons. The smallest absolute Gasteiger partial charge is 0.355 e. The van der Waals surface area contributed by atoms with Gasteiger partial charge >= 0.3 is 5.97 Å². The highest BCUT2D eigenvalue weighted by Crippen LogP contribution is 2.61. The number of hydrogen-bond donors (Lipinski definition) is 2. The Morgan fingerprint density at radius 2 is 1.88 bits per heavy atom. The topological polar surface area (TPSA) is 71.2 Å². The summed E-state index contributed by atoms with van der Waals surface area (Å²) in [5, 5.41) is 3.53. The molecule has 4 aliphatic rings. The first kappa shape index (κ1) is 17.0. The number of aromatic nitrogens is 1. The lowest BCUT2D eigenvalue weighted by molar-refractivity contribution is -0.128. The van der Waals surface area contributed by atoms with Gasteiger partial charge in [0.15, 0.2) is 6.61 Å². The fraction of sp³-hybridized carbons (Fsp3) is 0.684. The summed E-state index contributed by atoms with van der Waals surface area (Å²) in [4.78, 5) is 26.9. The van der Waals surface area contributed by atoms with Crippen molar-refractivity contribution < 1.29 is 14.3 Å². The Kier molecular flexibility index (Phi) is 4.30. The Balaban J connectivity index is 1.31. The van der Waals surface area contributed by atoms with Crippen molar-refractivity contribution in [2.24, 2.45) is 23.2 Å². The van der Waals surface area contributed by atoms with Crippen LogP contribution in [0.4, 0.5) is 0 Å². The molecular weight excluding hydrogens is 340 g/mol. The quantitative estimate of drug-likeness (QED) is 0.785. The summed E-state index contributed by atoms with van der Waals surface area (Å²) in [5.41, 5.74) is 0.508. The van der Waals surface area contributed by atoms with Crippen LogP contribution in [0.5, 0.6) is 0 Å². The van der Waals surface area contributed by atoms with E-state index in [0.29, 0.717) is 5.02 Å². The fourth-order valence-corrected chi connectivity index (χ4v) is 6.00. The van der Waals surface area contributed by atoms with Crippen LogP contribution in [0.3, 0.4) is 0 Å². The Hall–Kier alpha value is -1.49. The third kappa shape index (κ3) is 3.31. The second-order valence-electron chi connectivity index (χ2n) is 8.38. The maximum atomic E-state index is 12.3. The SMILES string of the molecule is CC(NC(=O)COC(=O)c1cc(Cl)c[nH]1)C12CC3CC(CC(C3)C1)C2. The van der Waals surface area contributed by atoms with Crippen LogP contribution in [-0.4, -0.2) is 29.5 Å². The molecule has 4 saturated carbocycles. The van der Waals surface area contributed by atoms with Gasteiger partial charge in [-0.3, -0.25) is 4.79 Å². The highest BCUT2D eigenvalue weighted by atomic mass is 35.5. The number of ether oxygens (including phenoxy) is 1. The molecule has 6 heteroatoms. The van der Waals surface area contributed by atoms with Gasteiger partial charge in [0.25, 0.3) is 5.91 Å². The van der Waals surface area contributed by atoms with Crippen LogP contribution in [0.2, 0.25) is 5.02 Å². The molecule has 4 fully saturated rings. The van der Waals surface area contributed by atoms with E-state index in [1.807, 2.05) is 0 Å². The molecule has 0 aromatic carbocycles. The molecule has 1 amide bonds. The molecular formula is C19H25ClN2O3. The minimum absolute atomic E-state index is 0.132. The van der Waals surface area contributed by atoms with E-state index >= 15 is 0 Å². The number of carbonyl (C=O) groups excluding carboxylic acids is 2. The van der Waals surface area contributed by atoms with E-state index in [0.717, 1.165) is 17.8 Å². The lowest BCUT2D eigenvalue weighted by Gasteiger charge is -2.59. The van der Waals surface area contributed by atoms with Crippen LogP contribution in [0.25, 0.3) is 0 Å². The van der Waals surface area contributed by atoms with E-state index in [1.54, 1.807) is 0 Å². The van der Waals surface area contributed by atoms with Gasteiger partial charge in [-0.2, -0.15) is 0 Å². The predicted molar refractivity (Wildman–Crippen MR) is 94.3 cm³/mol. The van der Waals surface area contributed by atoms with Crippen molar-refractivity contribution in [1.29, 1.82) is 0 Å². The van der Waals surface area contributed by atoms with Gasteiger partial charge in [0, 0.05) is 12.2 Å². The molecule has 0 aliphatic heterocycles. The largest absolute Gasteiger partial charge is 0.451 e. The van der Waals surface area contributed by atoms with E-state index in [1.165, 1.54) is 50.8 Å². The normalized spacial score (nSPS) is 33.9. The van der Waals surface area contributed by atoms with Crippen LogP contribution in [0, 0.1) is 23.2 Å². The number of rotatable bonds is 5. The van der Waals surface area contributed by atoms with Crippen LogP contribution in [0.1, 0.15) is 55.9 Å². The first-order valence-corrected chi connectivity index (χ1v) is 9.62. The number of amides is 1. The molecule has 5 nitrogen and oxygen atoms in total. The summed E-state index contributed by atoms with van der Waals surface area (Å²) in [5.74, 6) is 1.75. The van der Waals surface area contributed by atoms with Crippen molar-refractivity contribution in [2.45, 2.75) is 51.5 Å². The van der Waals surface area contributed by atoms with Gasteiger partial charge < -0.3 is 15.0 Å². The number of esters is 1. The summed E-state index contributed by atoms with van der Waals surface area (Å²) in [6, 6.07) is 1.62. The zero-order valence-electron chi connectivity index (χ0n) is 14.5. The first-order chi connectivity index (χ1) is 11.9. The Morgan fingerprint density at radius 1 is 1.28 bits per heavy atom. The molecule has 1 unspecified atom stereocenters. The number of aromatic amines is 1. The van der Waals surface area contributed by atoms with Crippen molar-refractivity contribution in [1.82, 2.24) is 10.3 Å². The zero-order valence-corrected chi connectivity index (χ0v) is 15.3. The predicted octanol–water partition coefficient (Wildman–Crippen LogP) is 3.55. The van der Waals surface area contributed by atoms with Crippen LogP contribution in [-0.2, 0) is 9.53 Å². The second-order valence-corrected chi connectivity index (χ2v) is 8.81. The number of halogens is 1. The lowest BCUT2D eigenvalue weighted by Crippen LogP contribution is -2.56. The molecule has 25 heavy (non-hydrogen) atoms. The molecule has 2 N–H and O–H groups in total. The number of carbonyl (C=O) groups is 2. The summed E-state index contributed by atoms with van der Waals surface area (Å²) in [6.45, 7) is 1.86. The molecule has 1 heterocycles. The molecule has 5 rings (SSSR count). The third-order valence-electron chi connectivity index (χ3n) is 6.58. The summed E-state index contributed by atoms with van der Waals surface area (Å²) >= 11 is 5.77. The summed E-state index contributed by atoms with van der Waals surface area (Å²) < 4.78 is 5.08. The maximum absolute atomic E-state index is 12.3. The Bertz CT molecular complexity index is 649. The number of hydrogen-bond acceptors (Lipinski definition) is 3. The minimum Gasteiger partial charge on any atom is -0.451 e. The van der Waals surface area contributed by atoms with Gasteiger partial charge in [0.05, 0.1) is 5.02 Å². The van der Waals surface area contributed by atoms with Crippen molar-refractivity contribution in [3.05, 3.63) is 23.0 Å². The monoisotopic (exact) mass is 364 g/mol. The van der Waals surface area contributed by atoms with E-state index in [-0.39, 0.29) is 29.7 Å². The molecule has 1 atom stereocenters. The maximum Gasteiger partial charge on any atom is 0.355 e. The van der Waals surface area contributed by atoms with Crippen molar-refractivity contribution in [3.63, 3.8) is 0 Å². The van der Waals surface area contributed by atoms with Crippen LogP contribution >= 0.6 is 11.6 Å². The second kappa shape index (κ2) is 6.35. The summed E-state index contributed by atoms with van der Waals surface area (Å²) in [6.07, 6.45) is 9.37. The highest BCUT2D eigenvalue weighted by Gasteiger charge is 2.53. The minimum atomic E-state index is -0.565. The van der Waals surface area contributed by atoms with E-state index in [9.17, 15) is 9.59 Å². The van der Waals surface area contributed by atoms with Crippen LogP contribution < -0.4 is 5.32 Å². The van der Waals surface area contributed by atoms with E-state index < -0.39 is 5.97 Å². The van der Waals surface area contributed by atoms with E-state index in [4.69, 9.17) is 16.3 Å². The molecule has 0 spiro atoms. The fourth-order valence-electron chi connectivity index (χ4n) is 5.84. The van der Waals surface area contributed by atoms with Crippen LogP contribution in [0.15, 0.2) is 12.3 Å². The zero-order chi connectivity index (χ0) is 17.6. The standard InChI is InChI=1S/C19H25ClN2O3/c1-11(19-6-12-2-13(7-19)4-14(3-12)8-19)22-17(23)10-25-18(24)16-5-15(20)9-21-16/h5,9,11-14,21H,2-4,6-8,10H2,1H3,(H,22,23). The number of H-pyrrole nitrogens is 1. The van der Waals surface area contributed by atoms with Crippen molar-refractivity contribution >= 4 is 23.5 Å². The van der Waals surface area contributed by atoms with Gasteiger partial charge in [0.2, 0.25) is 0 Å². The molecule has 1 aromatic rings. The average molecular weight is 365 g/mol. The van der Waals surface area contributed by atoms with Crippen molar-refractivity contribution in [3.8, 4) is 0 Å². The average Bonchev–Trinajstić information content (AvgIpc) is 2.98. The van der Waals surface area contributed by atoms with Gasteiger partial charge in [-0.25, -0.2) is 4.79 Å². The Morgan fingerprint density at radius 3 is 2.40 bits per heavy atom. The molecule has 1 aromatic heterocycles. The summed E-state index contributed by atoms with van der Waals surface area (Å²) in [7, 11) is 0. The Labute approximate surface area is 152 Å². The number of nitrogens with one attached hydrogen (secondary N) is 2. The van der Waals surface area contributed by atoms with Gasteiger partial charge in [-0.1, -0.05) is 11.6 Å². The van der Waals surface area contributed by atoms with Gasteiger partial charge in [0.1, 0.15) is 5.69 Å². The third-order valence-corrected chi connectivity index (χ3v) is 6.80. The highest BCUT2D eigenvalue weighted by molar-refractivity contribution is 6.30. The molecule has 4 aliphatic carbocycles. The van der Waals surface area contributed by atoms with E-state index in [2.05, 4.69) is 17.2 Å². The molecule has 0 saturated heterocycles. The van der Waals surface area contributed by atoms with Gasteiger partial charge in [-0.05, 0) is 74.7 Å². The van der Waals surface area contributed by atoms with Crippen molar-refractivity contribution in [2.75, 3.05) is 6.61 Å².